The average molecular weight is 288 g/mol. The zero-order valence-corrected chi connectivity index (χ0v) is 12.1. The molecule has 2 aromatic rings. The lowest BCUT2D eigenvalue weighted by atomic mass is 10.2. The largest absolute Gasteiger partial charge is 0.487 e. The van der Waals surface area contributed by atoms with Crippen molar-refractivity contribution in [3.05, 3.63) is 45.9 Å². The Morgan fingerprint density at radius 1 is 1.40 bits per heavy atom. The third-order valence-electron chi connectivity index (χ3n) is 3.08. The summed E-state index contributed by atoms with van der Waals surface area (Å²) in [6.07, 6.45) is 2.19. The first-order chi connectivity index (χ1) is 9.70. The van der Waals surface area contributed by atoms with Gasteiger partial charge in [-0.25, -0.2) is 4.98 Å². The van der Waals surface area contributed by atoms with Crippen molar-refractivity contribution in [3.8, 4) is 5.75 Å². The fraction of sp³-hybridized carbons (Fsp3) is 0.333. The second kappa shape index (κ2) is 5.63. The zero-order valence-electron chi connectivity index (χ0n) is 11.3. The number of carbonyl (C=O) groups excluding carboxylic acids is 1. The summed E-state index contributed by atoms with van der Waals surface area (Å²) >= 11 is 1.61. The van der Waals surface area contributed by atoms with E-state index in [2.05, 4.69) is 10.3 Å². The fourth-order valence-corrected chi connectivity index (χ4v) is 2.43. The Bertz CT molecular complexity index is 603. The summed E-state index contributed by atoms with van der Waals surface area (Å²) in [5.74, 6) is 0.743. The molecule has 104 valence electrons. The molecular weight excluding hydrogens is 272 g/mol. The smallest absolute Gasteiger partial charge is 0.251 e. The van der Waals surface area contributed by atoms with E-state index in [1.54, 1.807) is 23.5 Å². The number of amides is 1. The van der Waals surface area contributed by atoms with Crippen molar-refractivity contribution >= 4 is 17.2 Å². The van der Waals surface area contributed by atoms with Gasteiger partial charge in [0.2, 0.25) is 0 Å². The van der Waals surface area contributed by atoms with E-state index in [-0.39, 0.29) is 5.91 Å². The molecule has 1 aromatic heterocycles. The number of nitrogens with one attached hydrogen (secondary N) is 1. The van der Waals surface area contributed by atoms with Crippen molar-refractivity contribution in [3.63, 3.8) is 0 Å². The molecule has 0 unspecified atom stereocenters. The van der Waals surface area contributed by atoms with E-state index in [0.717, 1.165) is 29.3 Å². The second-order valence-electron chi connectivity index (χ2n) is 4.92. The number of ether oxygens (including phenoxy) is 1. The highest BCUT2D eigenvalue weighted by molar-refractivity contribution is 7.09. The summed E-state index contributed by atoms with van der Waals surface area (Å²) < 4.78 is 5.65. The van der Waals surface area contributed by atoms with Crippen molar-refractivity contribution in [1.29, 1.82) is 0 Å². The molecule has 3 rings (SSSR count). The molecule has 1 aromatic carbocycles. The van der Waals surface area contributed by atoms with Crippen LogP contribution in [-0.4, -0.2) is 16.9 Å². The van der Waals surface area contributed by atoms with Crippen LogP contribution in [0.25, 0.3) is 0 Å². The molecule has 1 N–H and O–H groups in total. The molecule has 1 heterocycles. The normalized spacial score (nSPS) is 14.1. The Kier molecular flexibility index (Phi) is 3.69. The van der Waals surface area contributed by atoms with Gasteiger partial charge in [0.25, 0.3) is 5.91 Å². The first-order valence-electron chi connectivity index (χ1n) is 6.65. The monoisotopic (exact) mass is 288 g/mol. The number of rotatable bonds is 5. The number of carbonyl (C=O) groups is 1. The molecule has 0 bridgehead atoms. The van der Waals surface area contributed by atoms with Gasteiger partial charge in [-0.1, -0.05) is 0 Å². The number of benzene rings is 1. The van der Waals surface area contributed by atoms with Crippen LogP contribution in [0.15, 0.2) is 29.6 Å². The summed E-state index contributed by atoms with van der Waals surface area (Å²) in [6, 6.07) is 7.60. The van der Waals surface area contributed by atoms with Crippen molar-refractivity contribution < 1.29 is 9.53 Å². The number of thiazole rings is 1. The SMILES string of the molecule is Cc1nc(COc2ccc(C(=O)NC3CC3)cc2)cs1. The van der Waals surface area contributed by atoms with E-state index in [9.17, 15) is 4.79 Å². The fourth-order valence-electron chi connectivity index (χ4n) is 1.83. The highest BCUT2D eigenvalue weighted by Crippen LogP contribution is 2.20. The van der Waals surface area contributed by atoms with Crippen LogP contribution in [0.2, 0.25) is 0 Å². The number of hydrogen-bond acceptors (Lipinski definition) is 4. The summed E-state index contributed by atoms with van der Waals surface area (Å²) in [4.78, 5) is 16.2. The van der Waals surface area contributed by atoms with E-state index in [0.29, 0.717) is 18.2 Å². The molecule has 1 aliphatic rings. The number of nitrogens with zero attached hydrogens (tertiary/aromatic N) is 1. The van der Waals surface area contributed by atoms with Crippen LogP contribution in [0.5, 0.6) is 5.75 Å². The van der Waals surface area contributed by atoms with Crippen molar-refractivity contribution in [2.45, 2.75) is 32.4 Å². The third kappa shape index (κ3) is 3.36. The maximum atomic E-state index is 11.8. The summed E-state index contributed by atoms with van der Waals surface area (Å²) in [5, 5.41) is 5.99. The maximum absolute atomic E-state index is 11.8. The van der Waals surface area contributed by atoms with Gasteiger partial charge in [-0.05, 0) is 44.0 Å². The molecule has 20 heavy (non-hydrogen) atoms. The van der Waals surface area contributed by atoms with Crippen LogP contribution in [0, 0.1) is 6.92 Å². The summed E-state index contributed by atoms with van der Waals surface area (Å²) in [6.45, 7) is 2.43. The Labute approximate surface area is 121 Å². The maximum Gasteiger partial charge on any atom is 0.251 e. The predicted molar refractivity (Wildman–Crippen MR) is 78.1 cm³/mol. The molecule has 0 spiro atoms. The Morgan fingerprint density at radius 2 is 2.15 bits per heavy atom. The highest BCUT2D eigenvalue weighted by atomic mass is 32.1. The van der Waals surface area contributed by atoms with Crippen LogP contribution >= 0.6 is 11.3 Å². The molecular formula is C15H16N2O2S. The molecule has 1 saturated carbocycles. The Hall–Kier alpha value is -1.88. The predicted octanol–water partition coefficient (Wildman–Crippen LogP) is 2.92. The zero-order chi connectivity index (χ0) is 13.9. The summed E-state index contributed by atoms with van der Waals surface area (Å²) in [7, 11) is 0. The van der Waals surface area contributed by atoms with Gasteiger partial charge in [0, 0.05) is 17.0 Å². The Balaban J connectivity index is 1.56. The molecule has 4 nitrogen and oxygen atoms in total. The van der Waals surface area contributed by atoms with Gasteiger partial charge in [-0.3, -0.25) is 4.79 Å². The van der Waals surface area contributed by atoms with E-state index >= 15 is 0 Å². The van der Waals surface area contributed by atoms with Gasteiger partial charge in [-0.15, -0.1) is 11.3 Å². The molecule has 0 saturated heterocycles. The van der Waals surface area contributed by atoms with Crippen LogP contribution in [0.4, 0.5) is 0 Å². The van der Waals surface area contributed by atoms with Crippen LogP contribution in [0.1, 0.15) is 33.9 Å². The number of aromatic nitrogens is 1. The summed E-state index contributed by atoms with van der Waals surface area (Å²) in [5.41, 5.74) is 1.61. The molecule has 0 aliphatic heterocycles. The van der Waals surface area contributed by atoms with Crippen molar-refractivity contribution in [1.82, 2.24) is 10.3 Å². The lowest BCUT2D eigenvalue weighted by Gasteiger charge is -2.06. The minimum Gasteiger partial charge on any atom is -0.487 e. The van der Waals surface area contributed by atoms with E-state index in [1.807, 2.05) is 24.4 Å². The van der Waals surface area contributed by atoms with Gasteiger partial charge < -0.3 is 10.1 Å². The van der Waals surface area contributed by atoms with Gasteiger partial charge in [-0.2, -0.15) is 0 Å². The minimum atomic E-state index is -0.00539. The first-order valence-corrected chi connectivity index (χ1v) is 7.53. The number of hydrogen-bond donors (Lipinski definition) is 1. The van der Waals surface area contributed by atoms with E-state index in [1.165, 1.54) is 0 Å². The molecule has 1 amide bonds. The van der Waals surface area contributed by atoms with Crippen molar-refractivity contribution in [2.24, 2.45) is 0 Å². The van der Waals surface area contributed by atoms with Crippen LogP contribution in [-0.2, 0) is 6.61 Å². The molecule has 1 fully saturated rings. The van der Waals surface area contributed by atoms with Crippen molar-refractivity contribution in [2.75, 3.05) is 0 Å². The van der Waals surface area contributed by atoms with Gasteiger partial charge in [0.1, 0.15) is 12.4 Å². The van der Waals surface area contributed by atoms with Crippen LogP contribution in [0.3, 0.4) is 0 Å². The molecule has 0 atom stereocenters. The van der Waals surface area contributed by atoms with E-state index < -0.39 is 0 Å². The Morgan fingerprint density at radius 3 is 2.75 bits per heavy atom. The second-order valence-corrected chi connectivity index (χ2v) is 5.98. The minimum absolute atomic E-state index is 0.00539. The standard InChI is InChI=1S/C15H16N2O2S/c1-10-16-13(9-20-10)8-19-14-6-2-11(3-7-14)15(18)17-12-4-5-12/h2-3,6-7,9,12H,4-5,8H2,1H3,(H,17,18). The number of aryl methyl sites for hydroxylation is 1. The lowest BCUT2D eigenvalue weighted by molar-refractivity contribution is 0.0951. The average Bonchev–Trinajstić information content (AvgIpc) is 3.17. The lowest BCUT2D eigenvalue weighted by Crippen LogP contribution is -2.25. The highest BCUT2D eigenvalue weighted by Gasteiger charge is 2.23. The molecule has 5 heteroatoms. The first kappa shape index (κ1) is 13.1. The van der Waals surface area contributed by atoms with Gasteiger partial charge >= 0.3 is 0 Å². The quantitative estimate of drug-likeness (QED) is 0.920. The third-order valence-corrected chi connectivity index (χ3v) is 3.90. The molecule has 1 aliphatic carbocycles. The van der Waals surface area contributed by atoms with Gasteiger partial charge in [0.05, 0.1) is 10.7 Å². The van der Waals surface area contributed by atoms with Crippen LogP contribution < -0.4 is 10.1 Å². The topological polar surface area (TPSA) is 51.2 Å². The van der Waals surface area contributed by atoms with Gasteiger partial charge in [0.15, 0.2) is 0 Å². The molecule has 0 radical (unpaired) electrons. The van der Waals surface area contributed by atoms with E-state index in [4.69, 9.17) is 4.74 Å².